The van der Waals surface area contributed by atoms with Gasteiger partial charge in [0.25, 0.3) is 0 Å². The van der Waals surface area contributed by atoms with Gasteiger partial charge in [-0.1, -0.05) is 12.1 Å². The largest absolute Gasteiger partial charge is 0.495 e. The molecule has 0 bridgehead atoms. The van der Waals surface area contributed by atoms with Crippen molar-refractivity contribution in [1.29, 1.82) is 0 Å². The fourth-order valence-corrected chi connectivity index (χ4v) is 4.39. The van der Waals surface area contributed by atoms with Gasteiger partial charge in [-0.05, 0) is 47.7 Å². The van der Waals surface area contributed by atoms with Crippen LogP contribution in [-0.4, -0.2) is 20.5 Å². The molecule has 25 heavy (non-hydrogen) atoms. The van der Waals surface area contributed by atoms with Crippen LogP contribution < -0.4 is 9.46 Å². The second-order valence-corrected chi connectivity index (χ2v) is 8.22. The van der Waals surface area contributed by atoms with Crippen molar-refractivity contribution in [3.05, 3.63) is 65.3 Å². The first kappa shape index (κ1) is 17.6. The smallest absolute Gasteiger partial charge is 0.244 e. The summed E-state index contributed by atoms with van der Waals surface area (Å²) in [6.45, 7) is 2.00. The summed E-state index contributed by atoms with van der Waals surface area (Å²) in [5.74, 6) is 0.323. The third kappa shape index (κ3) is 4.07. The molecular weight excluding hydrogens is 356 g/mol. The van der Waals surface area contributed by atoms with Gasteiger partial charge in [0.15, 0.2) is 0 Å². The number of ether oxygens (including phenoxy) is 1. The van der Waals surface area contributed by atoms with Crippen LogP contribution in [0.5, 0.6) is 5.75 Å². The van der Waals surface area contributed by atoms with Gasteiger partial charge >= 0.3 is 0 Å². The van der Waals surface area contributed by atoms with Crippen molar-refractivity contribution in [2.24, 2.45) is 0 Å². The molecule has 5 nitrogen and oxygen atoms in total. The van der Waals surface area contributed by atoms with E-state index in [0.717, 1.165) is 21.6 Å². The highest BCUT2D eigenvalue weighted by Crippen LogP contribution is 2.26. The lowest BCUT2D eigenvalue weighted by atomic mass is 10.2. The van der Waals surface area contributed by atoms with Crippen LogP contribution in [0.2, 0.25) is 0 Å². The quantitative estimate of drug-likeness (QED) is 0.716. The first-order valence-corrected chi connectivity index (χ1v) is 9.98. The van der Waals surface area contributed by atoms with Gasteiger partial charge in [0.05, 0.1) is 7.11 Å². The zero-order valence-electron chi connectivity index (χ0n) is 13.9. The van der Waals surface area contributed by atoms with Crippen molar-refractivity contribution in [2.45, 2.75) is 18.4 Å². The van der Waals surface area contributed by atoms with E-state index in [1.54, 1.807) is 35.9 Å². The molecule has 0 fully saturated rings. The van der Waals surface area contributed by atoms with Crippen LogP contribution in [0.25, 0.3) is 10.4 Å². The molecule has 0 atom stereocenters. The van der Waals surface area contributed by atoms with Gasteiger partial charge in [-0.15, -0.1) is 11.3 Å². The van der Waals surface area contributed by atoms with E-state index in [4.69, 9.17) is 4.74 Å². The molecule has 0 saturated carbocycles. The fourth-order valence-electron chi connectivity index (χ4n) is 2.41. The lowest BCUT2D eigenvalue weighted by Gasteiger charge is -2.12. The monoisotopic (exact) mass is 374 g/mol. The zero-order chi connectivity index (χ0) is 17.9. The molecule has 0 radical (unpaired) electrons. The number of hydrogen-bond acceptors (Lipinski definition) is 5. The van der Waals surface area contributed by atoms with Gasteiger partial charge in [-0.25, -0.2) is 13.1 Å². The number of nitrogens with zero attached hydrogens (tertiary/aromatic N) is 1. The van der Waals surface area contributed by atoms with Crippen molar-refractivity contribution in [3.8, 4) is 16.2 Å². The summed E-state index contributed by atoms with van der Waals surface area (Å²) in [4.78, 5) is 5.44. The zero-order valence-corrected chi connectivity index (χ0v) is 15.5. The Balaban J connectivity index is 1.81. The van der Waals surface area contributed by atoms with Crippen molar-refractivity contribution in [1.82, 2.24) is 9.71 Å². The molecule has 3 aromatic rings. The van der Waals surface area contributed by atoms with Crippen molar-refractivity contribution < 1.29 is 13.2 Å². The maximum Gasteiger partial charge on any atom is 0.244 e. The highest BCUT2D eigenvalue weighted by Gasteiger charge is 2.19. The minimum Gasteiger partial charge on any atom is -0.495 e. The molecular formula is C18H18N2O3S2. The number of rotatable bonds is 6. The van der Waals surface area contributed by atoms with E-state index >= 15 is 0 Å². The van der Waals surface area contributed by atoms with Crippen LogP contribution in [-0.2, 0) is 16.6 Å². The fraction of sp³-hybridized carbons (Fsp3) is 0.167. The van der Waals surface area contributed by atoms with Crippen LogP contribution in [0.4, 0.5) is 0 Å². The topological polar surface area (TPSA) is 68.3 Å². The Morgan fingerprint density at radius 2 is 2.04 bits per heavy atom. The molecule has 1 aromatic carbocycles. The summed E-state index contributed by atoms with van der Waals surface area (Å²) in [6.07, 6.45) is 3.43. The van der Waals surface area contributed by atoms with Gasteiger partial charge in [0.2, 0.25) is 10.0 Å². The van der Waals surface area contributed by atoms with Gasteiger partial charge in [-0.2, -0.15) is 0 Å². The minimum absolute atomic E-state index is 0.136. The highest BCUT2D eigenvalue weighted by atomic mass is 32.2. The number of hydrogen-bond donors (Lipinski definition) is 1. The summed E-state index contributed by atoms with van der Waals surface area (Å²) in [7, 11) is -2.23. The summed E-state index contributed by atoms with van der Waals surface area (Å²) in [5, 5.41) is 1.99. The summed E-state index contributed by atoms with van der Waals surface area (Å²) in [5.41, 5.74) is 2.61. The van der Waals surface area contributed by atoms with Crippen LogP contribution >= 0.6 is 11.3 Å². The number of methoxy groups -OCH3 is 1. The predicted molar refractivity (Wildman–Crippen MR) is 99.3 cm³/mol. The Morgan fingerprint density at radius 1 is 1.20 bits per heavy atom. The first-order valence-electron chi connectivity index (χ1n) is 7.62. The number of pyridine rings is 1. The van der Waals surface area contributed by atoms with E-state index in [-0.39, 0.29) is 11.4 Å². The normalized spacial score (nSPS) is 11.4. The molecule has 0 aliphatic carbocycles. The average molecular weight is 374 g/mol. The van der Waals surface area contributed by atoms with Crippen molar-refractivity contribution in [2.75, 3.05) is 7.11 Å². The molecule has 3 rings (SSSR count). The Bertz CT molecular complexity index is 968. The number of aromatic nitrogens is 1. The third-order valence-electron chi connectivity index (χ3n) is 3.68. The lowest BCUT2D eigenvalue weighted by molar-refractivity contribution is 0.402. The van der Waals surface area contributed by atoms with Gasteiger partial charge in [0, 0.05) is 29.4 Å². The van der Waals surface area contributed by atoms with Crippen LogP contribution in [0.1, 0.15) is 11.1 Å². The van der Waals surface area contributed by atoms with Crippen LogP contribution in [0.15, 0.2) is 59.1 Å². The highest BCUT2D eigenvalue weighted by molar-refractivity contribution is 7.89. The molecule has 7 heteroatoms. The molecule has 1 N–H and O–H groups in total. The van der Waals surface area contributed by atoms with Gasteiger partial charge < -0.3 is 4.74 Å². The summed E-state index contributed by atoms with van der Waals surface area (Å²) < 4.78 is 33.1. The average Bonchev–Trinajstić information content (AvgIpc) is 3.15. The standard InChI is InChI=1S/C18H18N2O3S2/c1-13-5-6-16(23-2)18(8-13)25(21,22)20-11-14-9-15(12-19-10-14)17-4-3-7-24-17/h3-10,12,20H,11H2,1-2H3. The number of thiophene rings is 1. The Hall–Kier alpha value is -2.22. The molecule has 0 unspecified atom stereocenters. The molecule has 0 aliphatic rings. The molecule has 0 amide bonds. The van der Waals surface area contributed by atoms with Gasteiger partial charge in [0.1, 0.15) is 10.6 Å². The Morgan fingerprint density at radius 3 is 2.76 bits per heavy atom. The molecule has 2 aromatic heterocycles. The van der Waals surface area contributed by atoms with E-state index in [9.17, 15) is 8.42 Å². The van der Waals surface area contributed by atoms with E-state index in [1.165, 1.54) is 7.11 Å². The maximum absolute atomic E-state index is 12.6. The number of aryl methyl sites for hydroxylation is 1. The second-order valence-electron chi connectivity index (χ2n) is 5.54. The molecule has 130 valence electrons. The van der Waals surface area contributed by atoms with E-state index in [0.29, 0.717) is 5.75 Å². The summed E-state index contributed by atoms with van der Waals surface area (Å²) >= 11 is 1.62. The van der Waals surface area contributed by atoms with Crippen LogP contribution in [0.3, 0.4) is 0 Å². The minimum atomic E-state index is -3.69. The number of nitrogens with one attached hydrogen (secondary N) is 1. The van der Waals surface area contributed by atoms with E-state index in [2.05, 4.69) is 9.71 Å². The Kier molecular flexibility index (Phi) is 5.17. The molecule has 0 aliphatic heterocycles. The Labute approximate surface area is 151 Å². The van der Waals surface area contributed by atoms with Crippen LogP contribution in [0, 0.1) is 6.92 Å². The number of sulfonamides is 1. The summed E-state index contributed by atoms with van der Waals surface area (Å²) in [6, 6.07) is 11.0. The maximum atomic E-state index is 12.6. The lowest BCUT2D eigenvalue weighted by Crippen LogP contribution is -2.24. The van der Waals surface area contributed by atoms with Gasteiger partial charge in [-0.3, -0.25) is 4.98 Å². The van der Waals surface area contributed by atoms with E-state index < -0.39 is 10.0 Å². The predicted octanol–water partition coefficient (Wildman–Crippen LogP) is 3.61. The SMILES string of the molecule is COc1ccc(C)cc1S(=O)(=O)NCc1cncc(-c2cccs2)c1. The van der Waals surface area contributed by atoms with Crippen molar-refractivity contribution in [3.63, 3.8) is 0 Å². The molecule has 2 heterocycles. The van der Waals surface area contributed by atoms with E-state index in [1.807, 2.05) is 36.6 Å². The first-order chi connectivity index (χ1) is 12.0. The second kappa shape index (κ2) is 7.35. The third-order valence-corrected chi connectivity index (χ3v) is 6.02. The van der Waals surface area contributed by atoms with Crippen molar-refractivity contribution >= 4 is 21.4 Å². The number of benzene rings is 1. The molecule has 0 saturated heterocycles. The molecule has 0 spiro atoms.